The molecule has 0 bridgehead atoms. The molecule has 5 rings (SSSR count). The fraction of sp³-hybridized carbons (Fsp3) is 0.167. The number of amides is 2. The molecular formula is C24H17ClF2N2O2S. The van der Waals surface area contributed by atoms with Crippen LogP contribution >= 0.6 is 23.4 Å². The van der Waals surface area contributed by atoms with Crippen molar-refractivity contribution in [3.63, 3.8) is 0 Å². The SMILES string of the molecule is O=C(c1cccc(Cl)c1)N1CCSC12C(=O)N(Cc1cccc(F)c1)c1ccc(F)cc12. The van der Waals surface area contributed by atoms with Gasteiger partial charge in [-0.3, -0.25) is 9.59 Å². The van der Waals surface area contributed by atoms with Crippen molar-refractivity contribution < 1.29 is 18.4 Å². The smallest absolute Gasteiger partial charge is 0.268 e. The van der Waals surface area contributed by atoms with E-state index in [1.54, 1.807) is 36.4 Å². The van der Waals surface area contributed by atoms with Crippen molar-refractivity contribution in [1.29, 1.82) is 0 Å². The third-order valence-corrected chi connectivity index (χ3v) is 7.36. The second kappa shape index (κ2) is 7.90. The van der Waals surface area contributed by atoms with Crippen molar-refractivity contribution in [2.24, 2.45) is 0 Å². The maximum Gasteiger partial charge on any atom is 0.268 e. The van der Waals surface area contributed by atoms with Crippen LogP contribution in [0.4, 0.5) is 14.5 Å². The topological polar surface area (TPSA) is 40.6 Å². The van der Waals surface area contributed by atoms with Crippen LogP contribution in [0.5, 0.6) is 0 Å². The van der Waals surface area contributed by atoms with Crippen LogP contribution in [0.1, 0.15) is 21.5 Å². The Kier molecular flexibility index (Phi) is 5.18. The maximum absolute atomic E-state index is 14.3. The van der Waals surface area contributed by atoms with Gasteiger partial charge in [-0.25, -0.2) is 8.78 Å². The summed E-state index contributed by atoms with van der Waals surface area (Å²) in [6.45, 7) is 0.433. The summed E-state index contributed by atoms with van der Waals surface area (Å²) >= 11 is 7.38. The highest BCUT2D eigenvalue weighted by molar-refractivity contribution is 8.01. The number of thioether (sulfide) groups is 1. The van der Waals surface area contributed by atoms with Gasteiger partial charge in [-0.05, 0) is 54.1 Å². The van der Waals surface area contributed by atoms with Crippen LogP contribution < -0.4 is 4.90 Å². The standard InChI is InChI=1S/C24H17ClF2N2O2S/c25-17-5-2-4-16(12-17)22(30)29-9-10-32-24(29)20-13-19(27)7-8-21(20)28(23(24)31)14-15-3-1-6-18(26)11-15/h1-8,11-13H,9-10,14H2. The fourth-order valence-corrected chi connectivity index (χ4v) is 5.98. The highest BCUT2D eigenvalue weighted by atomic mass is 35.5. The molecular weight excluding hydrogens is 454 g/mol. The van der Waals surface area contributed by atoms with Crippen molar-refractivity contribution in [1.82, 2.24) is 4.90 Å². The molecule has 3 aromatic carbocycles. The summed E-state index contributed by atoms with van der Waals surface area (Å²) in [7, 11) is 0. The van der Waals surface area contributed by atoms with Gasteiger partial charge in [0, 0.05) is 28.4 Å². The van der Waals surface area contributed by atoms with E-state index in [1.807, 2.05) is 0 Å². The average molecular weight is 471 g/mol. The average Bonchev–Trinajstić information content (AvgIpc) is 3.30. The van der Waals surface area contributed by atoms with Crippen LogP contribution in [-0.4, -0.2) is 29.0 Å². The van der Waals surface area contributed by atoms with Crippen molar-refractivity contribution in [3.05, 3.63) is 100 Å². The third-order valence-electron chi connectivity index (χ3n) is 5.70. The normalized spacial score (nSPS) is 19.7. The lowest BCUT2D eigenvalue weighted by molar-refractivity contribution is -0.123. The van der Waals surface area contributed by atoms with Gasteiger partial charge in [0.25, 0.3) is 11.8 Å². The van der Waals surface area contributed by atoms with E-state index in [9.17, 15) is 18.4 Å². The minimum Gasteiger partial charge on any atom is -0.311 e. The summed E-state index contributed by atoms with van der Waals surface area (Å²) in [4.78, 5) is 28.9. The molecule has 0 radical (unpaired) electrons. The summed E-state index contributed by atoms with van der Waals surface area (Å²) in [5, 5.41) is 0.411. The van der Waals surface area contributed by atoms with Crippen LogP contribution in [-0.2, 0) is 16.2 Å². The van der Waals surface area contributed by atoms with E-state index in [-0.39, 0.29) is 18.4 Å². The lowest BCUT2D eigenvalue weighted by atomic mass is 10.0. The van der Waals surface area contributed by atoms with Gasteiger partial charge in [0.2, 0.25) is 0 Å². The molecule has 0 aliphatic carbocycles. The number of fused-ring (bicyclic) bond motifs is 2. The van der Waals surface area contributed by atoms with Gasteiger partial charge in [0.1, 0.15) is 11.6 Å². The Morgan fingerprint density at radius 3 is 2.59 bits per heavy atom. The van der Waals surface area contributed by atoms with Crippen LogP contribution in [0.15, 0.2) is 66.7 Å². The molecule has 162 valence electrons. The molecule has 1 spiro atoms. The number of carbonyl (C=O) groups excluding carboxylic acids is 2. The Morgan fingerprint density at radius 1 is 1.03 bits per heavy atom. The van der Waals surface area contributed by atoms with Crippen molar-refractivity contribution in [2.45, 2.75) is 11.4 Å². The zero-order valence-electron chi connectivity index (χ0n) is 16.7. The molecule has 0 saturated carbocycles. The number of rotatable bonds is 3. The largest absolute Gasteiger partial charge is 0.311 e. The van der Waals surface area contributed by atoms with E-state index in [2.05, 4.69) is 0 Å². The summed E-state index contributed by atoms with van der Waals surface area (Å²) in [5.74, 6) is -1.08. The molecule has 1 unspecified atom stereocenters. The second-order valence-electron chi connectivity index (χ2n) is 7.64. The Hall–Kier alpha value is -2.90. The zero-order chi connectivity index (χ0) is 22.5. The number of hydrogen-bond donors (Lipinski definition) is 0. The predicted molar refractivity (Wildman–Crippen MR) is 121 cm³/mol. The molecule has 1 atom stereocenters. The number of nitrogens with zero attached hydrogens (tertiary/aromatic N) is 2. The molecule has 1 fully saturated rings. The quantitative estimate of drug-likeness (QED) is 0.528. The minimum atomic E-state index is -1.38. The number of halogens is 3. The molecule has 4 nitrogen and oxygen atoms in total. The first-order chi connectivity index (χ1) is 15.4. The molecule has 32 heavy (non-hydrogen) atoms. The molecule has 2 aliphatic heterocycles. The third kappa shape index (κ3) is 3.27. The summed E-state index contributed by atoms with van der Waals surface area (Å²) in [5.41, 5.74) is 1.89. The van der Waals surface area contributed by atoms with Crippen molar-refractivity contribution in [2.75, 3.05) is 17.2 Å². The second-order valence-corrected chi connectivity index (χ2v) is 9.37. The van der Waals surface area contributed by atoms with E-state index in [4.69, 9.17) is 11.6 Å². The molecule has 2 heterocycles. The first-order valence-electron chi connectivity index (χ1n) is 9.98. The van der Waals surface area contributed by atoms with Gasteiger partial charge < -0.3 is 9.80 Å². The van der Waals surface area contributed by atoms with Gasteiger partial charge in [-0.2, -0.15) is 0 Å². The summed E-state index contributed by atoms with van der Waals surface area (Å²) < 4.78 is 28.1. The van der Waals surface area contributed by atoms with E-state index < -0.39 is 16.5 Å². The molecule has 0 aromatic heterocycles. The Morgan fingerprint density at radius 2 is 1.81 bits per heavy atom. The molecule has 0 N–H and O–H groups in total. The number of benzene rings is 3. The predicted octanol–water partition coefficient (Wildman–Crippen LogP) is 5.21. The molecule has 1 saturated heterocycles. The lowest BCUT2D eigenvalue weighted by Crippen LogP contribution is -2.50. The van der Waals surface area contributed by atoms with Gasteiger partial charge in [-0.15, -0.1) is 11.8 Å². The first kappa shape index (κ1) is 21.0. The molecule has 8 heteroatoms. The van der Waals surface area contributed by atoms with E-state index in [1.165, 1.54) is 51.9 Å². The monoisotopic (exact) mass is 470 g/mol. The van der Waals surface area contributed by atoms with E-state index in [0.29, 0.717) is 39.7 Å². The highest BCUT2D eigenvalue weighted by Gasteiger charge is 2.59. The van der Waals surface area contributed by atoms with Crippen molar-refractivity contribution in [3.8, 4) is 0 Å². The number of hydrogen-bond acceptors (Lipinski definition) is 3. The van der Waals surface area contributed by atoms with Gasteiger partial charge in [0.05, 0.1) is 12.2 Å². The van der Waals surface area contributed by atoms with E-state index in [0.717, 1.165) is 0 Å². The molecule has 2 amide bonds. The van der Waals surface area contributed by atoms with Crippen LogP contribution in [0, 0.1) is 11.6 Å². The maximum atomic E-state index is 14.3. The number of anilines is 1. The summed E-state index contributed by atoms with van der Waals surface area (Å²) in [6.07, 6.45) is 0. The van der Waals surface area contributed by atoms with Gasteiger partial charge in [0.15, 0.2) is 4.87 Å². The Balaban J connectivity index is 1.60. The van der Waals surface area contributed by atoms with Crippen LogP contribution in [0.25, 0.3) is 0 Å². The highest BCUT2D eigenvalue weighted by Crippen LogP contribution is 2.55. The number of carbonyl (C=O) groups is 2. The Labute approximate surface area is 192 Å². The van der Waals surface area contributed by atoms with Gasteiger partial charge >= 0.3 is 0 Å². The van der Waals surface area contributed by atoms with E-state index >= 15 is 0 Å². The zero-order valence-corrected chi connectivity index (χ0v) is 18.3. The van der Waals surface area contributed by atoms with Crippen molar-refractivity contribution >= 4 is 40.9 Å². The Bertz CT molecular complexity index is 1250. The fourth-order valence-electron chi connectivity index (χ4n) is 4.34. The first-order valence-corrected chi connectivity index (χ1v) is 11.3. The molecule has 2 aliphatic rings. The summed E-state index contributed by atoms with van der Waals surface area (Å²) in [6, 6.07) is 16.7. The van der Waals surface area contributed by atoms with Crippen LogP contribution in [0.2, 0.25) is 5.02 Å². The van der Waals surface area contributed by atoms with Crippen LogP contribution in [0.3, 0.4) is 0 Å². The molecule has 3 aromatic rings. The lowest BCUT2D eigenvalue weighted by Gasteiger charge is -2.33. The minimum absolute atomic E-state index is 0.108. The van der Waals surface area contributed by atoms with Gasteiger partial charge in [-0.1, -0.05) is 29.8 Å².